The number of fused-ring (bicyclic) bond motifs is 1. The van der Waals surface area contributed by atoms with Crippen LogP contribution in [0.3, 0.4) is 0 Å². The van der Waals surface area contributed by atoms with Gasteiger partial charge in [0.1, 0.15) is 5.76 Å². The zero-order valence-electron chi connectivity index (χ0n) is 21.2. The summed E-state index contributed by atoms with van der Waals surface area (Å²) in [6.07, 6.45) is 0. The number of carbonyl (C=O) groups excluding carboxylic acids is 2. The van der Waals surface area contributed by atoms with Gasteiger partial charge in [-0.2, -0.15) is 0 Å². The number of hydrogen-bond donors (Lipinski definition) is 1. The molecule has 4 aromatic rings. The number of carbonyl (C=O) groups is 2. The number of amides is 1. The van der Waals surface area contributed by atoms with Gasteiger partial charge in [0.15, 0.2) is 0 Å². The van der Waals surface area contributed by atoms with Crippen LogP contribution in [0.25, 0.3) is 16.5 Å². The fourth-order valence-corrected chi connectivity index (χ4v) is 5.17. The number of aliphatic hydroxyl groups excluding tert-OH is 1. The first kappa shape index (κ1) is 24.8. The minimum absolute atomic E-state index is 0.0573. The number of anilines is 1. The molecule has 186 valence electrons. The molecule has 0 aliphatic carbocycles. The quantitative estimate of drug-likeness (QED) is 0.175. The number of hydrogen-bond acceptors (Lipinski definition) is 3. The number of benzene rings is 4. The van der Waals surface area contributed by atoms with Crippen molar-refractivity contribution in [1.29, 1.82) is 0 Å². The second-order valence-electron chi connectivity index (χ2n) is 10.5. The van der Waals surface area contributed by atoms with Gasteiger partial charge < -0.3 is 5.11 Å². The first-order chi connectivity index (χ1) is 17.6. The molecular formula is C32H28ClNO3. The number of aliphatic hydroxyl groups is 1. The summed E-state index contributed by atoms with van der Waals surface area (Å²) < 4.78 is 0. The first-order valence-corrected chi connectivity index (χ1v) is 12.6. The van der Waals surface area contributed by atoms with Crippen molar-refractivity contribution < 1.29 is 14.7 Å². The standard InChI is InChI=1S/C32H28ClNO3/c1-19-17-25(33)15-16-26(19)34-28(21-11-13-24(14-12-21)32(2,3)4)27(30(36)31(34)37)29(35)23-10-9-20-7-5-6-8-22(20)18-23/h5-18,28,35H,1-4H3/b29-27-. The molecule has 1 aliphatic rings. The van der Waals surface area contributed by atoms with Crippen LogP contribution < -0.4 is 4.90 Å². The number of nitrogens with zero attached hydrogens (tertiary/aromatic N) is 1. The van der Waals surface area contributed by atoms with Crippen molar-refractivity contribution >= 4 is 45.5 Å². The molecule has 4 nitrogen and oxygen atoms in total. The van der Waals surface area contributed by atoms with Gasteiger partial charge in [-0.1, -0.05) is 93.0 Å². The van der Waals surface area contributed by atoms with E-state index in [9.17, 15) is 14.7 Å². The van der Waals surface area contributed by atoms with Crippen LogP contribution in [0.1, 0.15) is 49.1 Å². The summed E-state index contributed by atoms with van der Waals surface area (Å²) in [5.41, 5.74) is 3.71. The monoisotopic (exact) mass is 509 g/mol. The number of Topliss-reactive ketones (excluding diaryl/α,β-unsaturated/α-hetero) is 1. The molecule has 0 spiro atoms. The smallest absolute Gasteiger partial charge is 0.300 e. The minimum Gasteiger partial charge on any atom is -0.507 e. The Morgan fingerprint density at radius 3 is 2.19 bits per heavy atom. The Balaban J connectivity index is 1.73. The van der Waals surface area contributed by atoms with Gasteiger partial charge >= 0.3 is 0 Å². The van der Waals surface area contributed by atoms with Crippen molar-refractivity contribution in [3.05, 3.63) is 118 Å². The van der Waals surface area contributed by atoms with Crippen molar-refractivity contribution in [2.75, 3.05) is 4.90 Å². The molecule has 1 unspecified atom stereocenters. The zero-order valence-corrected chi connectivity index (χ0v) is 22.0. The third-order valence-electron chi connectivity index (χ3n) is 6.98. The van der Waals surface area contributed by atoms with Gasteiger partial charge in [-0.15, -0.1) is 0 Å². The molecule has 5 heteroatoms. The third kappa shape index (κ3) is 4.42. The Morgan fingerprint density at radius 2 is 1.54 bits per heavy atom. The summed E-state index contributed by atoms with van der Waals surface area (Å²) in [6.45, 7) is 8.24. The van der Waals surface area contributed by atoms with E-state index >= 15 is 0 Å². The highest BCUT2D eigenvalue weighted by molar-refractivity contribution is 6.52. The molecule has 1 amide bonds. The highest BCUT2D eigenvalue weighted by Crippen LogP contribution is 2.44. The van der Waals surface area contributed by atoms with Crippen molar-refractivity contribution in [2.45, 2.75) is 39.2 Å². The summed E-state index contributed by atoms with van der Waals surface area (Å²) in [5.74, 6) is -1.59. The minimum atomic E-state index is -0.791. The predicted molar refractivity (Wildman–Crippen MR) is 150 cm³/mol. The average molecular weight is 510 g/mol. The van der Waals surface area contributed by atoms with E-state index in [-0.39, 0.29) is 16.7 Å². The number of aryl methyl sites for hydroxylation is 1. The highest BCUT2D eigenvalue weighted by atomic mass is 35.5. The Morgan fingerprint density at radius 1 is 0.865 bits per heavy atom. The topological polar surface area (TPSA) is 57.6 Å². The summed E-state index contributed by atoms with van der Waals surface area (Å²) >= 11 is 6.19. The molecule has 1 heterocycles. The third-order valence-corrected chi connectivity index (χ3v) is 7.21. The Bertz CT molecular complexity index is 1580. The van der Waals surface area contributed by atoms with Crippen molar-refractivity contribution in [1.82, 2.24) is 0 Å². The van der Waals surface area contributed by atoms with Crippen LogP contribution in [0.2, 0.25) is 5.02 Å². The molecule has 37 heavy (non-hydrogen) atoms. The maximum Gasteiger partial charge on any atom is 0.300 e. The fourth-order valence-electron chi connectivity index (χ4n) is 4.94. The van der Waals surface area contributed by atoms with Crippen molar-refractivity contribution in [2.24, 2.45) is 0 Å². The lowest BCUT2D eigenvalue weighted by atomic mass is 9.85. The van der Waals surface area contributed by atoms with Crippen LogP contribution in [0.15, 0.2) is 90.5 Å². The van der Waals surface area contributed by atoms with Crippen molar-refractivity contribution in [3.8, 4) is 0 Å². The van der Waals surface area contributed by atoms with E-state index in [1.54, 1.807) is 24.3 Å². The van der Waals surface area contributed by atoms with Gasteiger partial charge in [0.2, 0.25) is 0 Å². The largest absolute Gasteiger partial charge is 0.507 e. The van der Waals surface area contributed by atoms with Gasteiger partial charge in [0.25, 0.3) is 11.7 Å². The lowest BCUT2D eigenvalue weighted by Gasteiger charge is -2.28. The van der Waals surface area contributed by atoms with E-state index in [1.165, 1.54) is 4.90 Å². The van der Waals surface area contributed by atoms with E-state index in [4.69, 9.17) is 11.6 Å². The SMILES string of the molecule is Cc1cc(Cl)ccc1N1C(=O)C(=O)/C(=C(\O)c2ccc3ccccc3c2)C1c1ccc(C(C)(C)C)cc1. The normalized spacial score (nSPS) is 17.5. The molecule has 4 aromatic carbocycles. The van der Waals surface area contributed by atoms with Crippen LogP contribution in [-0.2, 0) is 15.0 Å². The summed E-state index contributed by atoms with van der Waals surface area (Å²) in [7, 11) is 0. The molecule has 0 radical (unpaired) electrons. The Kier molecular flexibility index (Phi) is 6.17. The maximum atomic E-state index is 13.5. The van der Waals surface area contributed by atoms with Crippen LogP contribution >= 0.6 is 11.6 Å². The van der Waals surface area contributed by atoms with Crippen LogP contribution in [0.5, 0.6) is 0 Å². The van der Waals surface area contributed by atoms with E-state index in [0.717, 1.165) is 27.5 Å². The average Bonchev–Trinajstić information content (AvgIpc) is 3.13. The van der Waals surface area contributed by atoms with Crippen LogP contribution in [-0.4, -0.2) is 16.8 Å². The van der Waals surface area contributed by atoms with Gasteiger partial charge in [0.05, 0.1) is 11.6 Å². The van der Waals surface area contributed by atoms with Crippen LogP contribution in [0.4, 0.5) is 5.69 Å². The molecule has 1 aliphatic heterocycles. The van der Waals surface area contributed by atoms with E-state index in [2.05, 4.69) is 20.8 Å². The summed E-state index contributed by atoms with van der Waals surface area (Å²) in [4.78, 5) is 28.5. The van der Waals surface area contributed by atoms with E-state index in [1.807, 2.05) is 67.6 Å². The Hall–Kier alpha value is -3.89. The zero-order chi connectivity index (χ0) is 26.5. The summed E-state index contributed by atoms with van der Waals surface area (Å²) in [5, 5.41) is 14.0. The number of halogens is 1. The molecule has 0 saturated carbocycles. The maximum absolute atomic E-state index is 13.5. The number of rotatable bonds is 3. The summed E-state index contributed by atoms with van der Waals surface area (Å²) in [6, 6.07) is 25.6. The lowest BCUT2D eigenvalue weighted by molar-refractivity contribution is -0.132. The second kappa shape index (κ2) is 9.20. The molecular weight excluding hydrogens is 482 g/mol. The molecule has 1 atom stereocenters. The fraction of sp³-hybridized carbons (Fsp3) is 0.188. The molecule has 0 bridgehead atoms. The molecule has 1 saturated heterocycles. The van der Waals surface area contributed by atoms with E-state index < -0.39 is 17.7 Å². The molecule has 5 rings (SSSR count). The van der Waals surface area contributed by atoms with Crippen LogP contribution in [0, 0.1) is 6.92 Å². The molecule has 1 fully saturated rings. The number of ketones is 1. The first-order valence-electron chi connectivity index (χ1n) is 12.2. The van der Waals surface area contributed by atoms with Gasteiger partial charge in [-0.3, -0.25) is 14.5 Å². The van der Waals surface area contributed by atoms with Gasteiger partial charge in [0, 0.05) is 16.3 Å². The van der Waals surface area contributed by atoms with E-state index in [0.29, 0.717) is 16.3 Å². The van der Waals surface area contributed by atoms with Gasteiger partial charge in [-0.25, -0.2) is 0 Å². The highest BCUT2D eigenvalue weighted by Gasteiger charge is 2.47. The Labute approximate surface area is 221 Å². The second-order valence-corrected chi connectivity index (χ2v) is 11.0. The van der Waals surface area contributed by atoms with Gasteiger partial charge in [-0.05, 0) is 64.1 Å². The molecule has 1 N–H and O–H groups in total. The molecule has 0 aromatic heterocycles. The predicted octanol–water partition coefficient (Wildman–Crippen LogP) is 7.73. The lowest BCUT2D eigenvalue weighted by Crippen LogP contribution is -2.30. The van der Waals surface area contributed by atoms with Crippen molar-refractivity contribution in [3.63, 3.8) is 0 Å².